The van der Waals surface area contributed by atoms with Crippen LogP contribution in [0.2, 0.25) is 0 Å². The molecule has 2 fully saturated rings. The predicted molar refractivity (Wildman–Crippen MR) is 91.5 cm³/mol. The smallest absolute Gasteiger partial charge is 0.187 e. The van der Waals surface area contributed by atoms with Gasteiger partial charge in [-0.2, -0.15) is 5.10 Å². The summed E-state index contributed by atoms with van der Waals surface area (Å²) in [6, 6.07) is 5.70. The molecule has 21 heavy (non-hydrogen) atoms. The number of benzene rings is 1. The first-order chi connectivity index (χ1) is 10.1. The van der Waals surface area contributed by atoms with Gasteiger partial charge in [0.2, 0.25) is 0 Å². The highest BCUT2D eigenvalue weighted by atomic mass is 79.9. The molecular weight excluding hydrogens is 350 g/mol. The number of phenolic OH excluding ortho intramolecular Hbond substituents is 1. The van der Waals surface area contributed by atoms with Crippen LogP contribution in [0.4, 0.5) is 0 Å². The normalized spacial score (nSPS) is 27.2. The molecular formula is C15H18BrN3OS. The van der Waals surface area contributed by atoms with Gasteiger partial charge in [-0.05, 0) is 61.5 Å². The molecule has 0 radical (unpaired) electrons. The first-order valence-corrected chi connectivity index (χ1v) is 8.40. The van der Waals surface area contributed by atoms with Crippen LogP contribution in [0.3, 0.4) is 0 Å². The standard InChI is InChI=1S/C15H18BrN3OS/c16-12-3-4-14(20)11(7-12)8-17-19-15(21)18-13-6-9-1-2-10(13)5-9/h3-4,7-10,13,20H,1-2,5-6H2,(H2,18,19,21)/b17-8+/t9-,10+,13-/m1/s1. The minimum Gasteiger partial charge on any atom is -0.507 e. The molecule has 2 aliphatic rings. The fourth-order valence-electron chi connectivity index (χ4n) is 3.41. The lowest BCUT2D eigenvalue weighted by atomic mass is 9.96. The number of halogens is 1. The van der Waals surface area contributed by atoms with Crippen molar-refractivity contribution >= 4 is 39.5 Å². The highest BCUT2D eigenvalue weighted by Gasteiger charge is 2.39. The number of rotatable bonds is 3. The van der Waals surface area contributed by atoms with Crippen LogP contribution >= 0.6 is 28.1 Å². The fraction of sp³-hybridized carbons (Fsp3) is 0.467. The van der Waals surface area contributed by atoms with Crippen molar-refractivity contribution in [3.63, 3.8) is 0 Å². The molecule has 0 aliphatic heterocycles. The van der Waals surface area contributed by atoms with Gasteiger partial charge in [0.25, 0.3) is 0 Å². The van der Waals surface area contributed by atoms with Crippen molar-refractivity contribution in [1.82, 2.24) is 10.7 Å². The average Bonchev–Trinajstić information content (AvgIpc) is 3.05. The monoisotopic (exact) mass is 367 g/mol. The van der Waals surface area contributed by atoms with E-state index in [0.29, 0.717) is 16.7 Å². The molecule has 1 aromatic carbocycles. The van der Waals surface area contributed by atoms with Crippen LogP contribution in [0.15, 0.2) is 27.8 Å². The highest BCUT2D eigenvalue weighted by Crippen LogP contribution is 2.44. The van der Waals surface area contributed by atoms with Gasteiger partial charge in [-0.1, -0.05) is 22.4 Å². The maximum atomic E-state index is 9.71. The number of nitrogens with one attached hydrogen (secondary N) is 2. The van der Waals surface area contributed by atoms with Crippen molar-refractivity contribution in [2.75, 3.05) is 0 Å². The number of thiocarbonyl (C=S) groups is 1. The second kappa shape index (κ2) is 6.32. The topological polar surface area (TPSA) is 56.7 Å². The summed E-state index contributed by atoms with van der Waals surface area (Å²) in [4.78, 5) is 0. The maximum Gasteiger partial charge on any atom is 0.187 e. The highest BCUT2D eigenvalue weighted by molar-refractivity contribution is 9.10. The lowest BCUT2D eigenvalue weighted by molar-refractivity contribution is 0.389. The quantitative estimate of drug-likeness (QED) is 0.436. The third-order valence-electron chi connectivity index (χ3n) is 4.41. The van der Waals surface area contributed by atoms with Crippen LogP contribution in [0, 0.1) is 11.8 Å². The van der Waals surface area contributed by atoms with Crippen molar-refractivity contribution in [1.29, 1.82) is 0 Å². The Balaban J connectivity index is 1.51. The number of aromatic hydroxyl groups is 1. The Morgan fingerprint density at radius 2 is 2.24 bits per heavy atom. The van der Waals surface area contributed by atoms with Crippen molar-refractivity contribution in [2.24, 2.45) is 16.9 Å². The molecule has 6 heteroatoms. The zero-order valence-electron chi connectivity index (χ0n) is 11.6. The van der Waals surface area contributed by atoms with E-state index in [1.54, 1.807) is 24.4 Å². The Morgan fingerprint density at radius 3 is 2.95 bits per heavy atom. The lowest BCUT2D eigenvalue weighted by Gasteiger charge is -2.23. The first-order valence-electron chi connectivity index (χ1n) is 7.20. The van der Waals surface area contributed by atoms with Gasteiger partial charge in [0.05, 0.1) is 6.21 Å². The zero-order valence-corrected chi connectivity index (χ0v) is 14.0. The summed E-state index contributed by atoms with van der Waals surface area (Å²) in [6.07, 6.45) is 6.83. The SMILES string of the molecule is Oc1ccc(Br)cc1/C=N/NC(=S)N[C@@H]1C[C@@H]2CC[C@H]1C2. The molecule has 0 unspecified atom stereocenters. The van der Waals surface area contributed by atoms with Crippen molar-refractivity contribution in [3.05, 3.63) is 28.2 Å². The maximum absolute atomic E-state index is 9.71. The van der Waals surface area contributed by atoms with Crippen LogP contribution in [0.25, 0.3) is 0 Å². The Bertz CT molecular complexity index is 578. The second-order valence-corrected chi connectivity index (χ2v) is 7.15. The third-order valence-corrected chi connectivity index (χ3v) is 5.12. The van der Waals surface area contributed by atoms with Crippen LogP contribution in [0.1, 0.15) is 31.2 Å². The number of phenols is 1. The van der Waals surface area contributed by atoms with Gasteiger partial charge in [-0.3, -0.25) is 5.43 Å². The molecule has 2 saturated carbocycles. The molecule has 112 valence electrons. The van der Waals surface area contributed by atoms with E-state index in [1.807, 2.05) is 0 Å². The van der Waals surface area contributed by atoms with E-state index in [9.17, 15) is 5.11 Å². The molecule has 4 nitrogen and oxygen atoms in total. The summed E-state index contributed by atoms with van der Waals surface area (Å²) in [5, 5.41) is 17.7. The van der Waals surface area contributed by atoms with Crippen molar-refractivity contribution in [2.45, 2.75) is 31.7 Å². The lowest BCUT2D eigenvalue weighted by Crippen LogP contribution is -2.42. The summed E-state index contributed by atoms with van der Waals surface area (Å²) in [6.45, 7) is 0. The second-order valence-electron chi connectivity index (χ2n) is 5.83. The van der Waals surface area contributed by atoms with Gasteiger partial charge in [-0.25, -0.2) is 0 Å². The van der Waals surface area contributed by atoms with Crippen LogP contribution < -0.4 is 10.7 Å². The first kappa shape index (κ1) is 14.8. The van der Waals surface area contributed by atoms with E-state index in [-0.39, 0.29) is 5.75 Å². The molecule has 1 aromatic rings. The van der Waals surface area contributed by atoms with Gasteiger partial charge >= 0.3 is 0 Å². The van der Waals surface area contributed by atoms with Gasteiger partial charge < -0.3 is 10.4 Å². The summed E-state index contributed by atoms with van der Waals surface area (Å²) in [5.41, 5.74) is 3.47. The summed E-state index contributed by atoms with van der Waals surface area (Å²) < 4.78 is 0.893. The van der Waals surface area contributed by atoms with E-state index >= 15 is 0 Å². The molecule has 2 aliphatic carbocycles. The minimum atomic E-state index is 0.190. The van der Waals surface area contributed by atoms with E-state index in [0.717, 1.165) is 16.3 Å². The van der Waals surface area contributed by atoms with E-state index in [1.165, 1.54) is 25.7 Å². The molecule has 3 atom stereocenters. The third kappa shape index (κ3) is 3.55. The number of nitrogens with zero attached hydrogens (tertiary/aromatic N) is 1. The fourth-order valence-corrected chi connectivity index (χ4v) is 3.99. The molecule has 0 heterocycles. The largest absolute Gasteiger partial charge is 0.507 e. The van der Waals surface area contributed by atoms with Gasteiger partial charge in [-0.15, -0.1) is 0 Å². The number of fused-ring (bicyclic) bond motifs is 2. The van der Waals surface area contributed by atoms with E-state index < -0.39 is 0 Å². The van der Waals surface area contributed by atoms with E-state index in [2.05, 4.69) is 31.8 Å². The molecule has 0 spiro atoms. The van der Waals surface area contributed by atoms with Crippen molar-refractivity contribution < 1.29 is 5.11 Å². The Labute approximate surface area is 138 Å². The molecule has 3 N–H and O–H groups in total. The molecule has 2 bridgehead atoms. The molecule has 3 rings (SSSR count). The summed E-state index contributed by atoms with van der Waals surface area (Å²) in [7, 11) is 0. The number of hydrogen-bond donors (Lipinski definition) is 3. The summed E-state index contributed by atoms with van der Waals surface area (Å²) in [5.74, 6) is 1.85. The average molecular weight is 368 g/mol. The van der Waals surface area contributed by atoms with Crippen molar-refractivity contribution in [3.8, 4) is 5.75 Å². The van der Waals surface area contributed by atoms with Gasteiger partial charge in [0, 0.05) is 16.1 Å². The molecule has 0 saturated heterocycles. The summed E-state index contributed by atoms with van der Waals surface area (Å²) >= 11 is 8.64. The number of hydrogen-bond acceptors (Lipinski definition) is 3. The Morgan fingerprint density at radius 1 is 1.38 bits per heavy atom. The van der Waals surface area contributed by atoms with Crippen LogP contribution in [-0.4, -0.2) is 22.5 Å². The number of hydrazone groups is 1. The minimum absolute atomic E-state index is 0.190. The van der Waals surface area contributed by atoms with E-state index in [4.69, 9.17) is 12.2 Å². The Hall–Kier alpha value is -1.14. The Kier molecular flexibility index (Phi) is 4.45. The van der Waals surface area contributed by atoms with Gasteiger partial charge in [0.15, 0.2) is 5.11 Å². The zero-order chi connectivity index (χ0) is 14.8. The molecule has 0 aromatic heterocycles. The molecule has 0 amide bonds. The van der Waals surface area contributed by atoms with Crippen LogP contribution in [0.5, 0.6) is 5.75 Å². The van der Waals surface area contributed by atoms with Gasteiger partial charge in [0.1, 0.15) is 5.75 Å². The van der Waals surface area contributed by atoms with Crippen LogP contribution in [-0.2, 0) is 0 Å². The predicted octanol–water partition coefficient (Wildman–Crippen LogP) is 3.14.